The number of esters is 1. The van der Waals surface area contributed by atoms with Crippen LogP contribution in [0.1, 0.15) is 31.9 Å². The number of benzene rings is 3. The average molecular weight is 473 g/mol. The summed E-state index contributed by atoms with van der Waals surface area (Å²) in [6.45, 7) is 6.58. The topological polar surface area (TPSA) is 59.1 Å². The number of rotatable bonds is 8. The van der Waals surface area contributed by atoms with Crippen LogP contribution in [0, 0.1) is 5.92 Å². The van der Waals surface area contributed by atoms with E-state index in [-0.39, 0.29) is 5.91 Å². The second kappa shape index (κ2) is 10.3. The van der Waals surface area contributed by atoms with Gasteiger partial charge < -0.3 is 9.47 Å². The van der Waals surface area contributed by atoms with E-state index in [1.807, 2.05) is 81.4 Å². The predicted octanol–water partition coefficient (Wildman–Crippen LogP) is 5.03. The van der Waals surface area contributed by atoms with Crippen molar-refractivity contribution < 1.29 is 19.1 Å². The molecule has 6 heteroatoms. The van der Waals surface area contributed by atoms with Crippen molar-refractivity contribution >= 4 is 17.6 Å². The summed E-state index contributed by atoms with van der Waals surface area (Å²) < 4.78 is 11.0. The maximum absolute atomic E-state index is 13.4. The monoisotopic (exact) mass is 472 g/mol. The molecule has 0 saturated carbocycles. The molecule has 3 aromatic carbocycles. The standard InChI is InChI=1S/C29H32N2O4/c1-29(2,3)35-28(33)25-26(31(27(25)32)23-15-17-24(34-4)18-16-23)30(19-21-11-7-5-8-12-21)20-22-13-9-6-10-14-22/h5-18,25-26H,19-20H2,1-4H3/t25-,26-/m1/s1. The molecule has 35 heavy (non-hydrogen) atoms. The van der Waals surface area contributed by atoms with Crippen molar-refractivity contribution in [2.24, 2.45) is 5.92 Å². The number of carbonyl (C=O) groups excluding carboxylic acids is 2. The van der Waals surface area contributed by atoms with E-state index < -0.39 is 23.7 Å². The fourth-order valence-corrected chi connectivity index (χ4v) is 4.34. The van der Waals surface area contributed by atoms with Crippen LogP contribution in [0.25, 0.3) is 0 Å². The van der Waals surface area contributed by atoms with E-state index in [0.29, 0.717) is 24.5 Å². The van der Waals surface area contributed by atoms with E-state index >= 15 is 0 Å². The fraction of sp³-hybridized carbons (Fsp3) is 0.310. The van der Waals surface area contributed by atoms with Gasteiger partial charge in [0, 0.05) is 18.8 Å². The molecule has 1 fully saturated rings. The van der Waals surface area contributed by atoms with Crippen molar-refractivity contribution in [3.8, 4) is 5.75 Å². The van der Waals surface area contributed by atoms with Crippen LogP contribution in [0.4, 0.5) is 5.69 Å². The zero-order valence-corrected chi connectivity index (χ0v) is 20.7. The summed E-state index contributed by atoms with van der Waals surface area (Å²) in [7, 11) is 1.60. The molecule has 4 rings (SSSR count). The highest BCUT2D eigenvalue weighted by molar-refractivity contribution is 6.13. The van der Waals surface area contributed by atoms with E-state index in [1.165, 1.54) is 0 Å². The minimum atomic E-state index is -0.913. The molecule has 2 atom stereocenters. The van der Waals surface area contributed by atoms with E-state index in [2.05, 4.69) is 29.2 Å². The molecular weight excluding hydrogens is 440 g/mol. The van der Waals surface area contributed by atoms with Gasteiger partial charge >= 0.3 is 5.97 Å². The normalized spacial score (nSPS) is 17.7. The van der Waals surface area contributed by atoms with Gasteiger partial charge in [-0.2, -0.15) is 0 Å². The summed E-state index contributed by atoms with van der Waals surface area (Å²) in [5.74, 6) is -0.972. The van der Waals surface area contributed by atoms with Crippen LogP contribution in [0.5, 0.6) is 5.75 Å². The van der Waals surface area contributed by atoms with E-state index in [1.54, 1.807) is 12.0 Å². The van der Waals surface area contributed by atoms with Crippen LogP contribution in [-0.4, -0.2) is 35.7 Å². The van der Waals surface area contributed by atoms with Crippen LogP contribution >= 0.6 is 0 Å². The second-order valence-corrected chi connectivity index (χ2v) is 9.71. The summed E-state index contributed by atoms with van der Waals surface area (Å²) in [6, 6.07) is 27.5. The Morgan fingerprint density at radius 1 is 0.857 bits per heavy atom. The smallest absolute Gasteiger partial charge is 0.322 e. The van der Waals surface area contributed by atoms with Crippen LogP contribution in [0.2, 0.25) is 0 Å². The van der Waals surface area contributed by atoms with Crippen molar-refractivity contribution in [2.75, 3.05) is 12.0 Å². The number of β-lactam (4-membered cyclic amide) rings is 1. The Hall–Kier alpha value is -3.64. The zero-order chi connectivity index (χ0) is 25.0. The van der Waals surface area contributed by atoms with E-state index in [9.17, 15) is 9.59 Å². The van der Waals surface area contributed by atoms with Gasteiger partial charge in [0.15, 0.2) is 5.92 Å². The molecule has 1 aliphatic heterocycles. The Labute approximate surface area is 207 Å². The van der Waals surface area contributed by atoms with Gasteiger partial charge in [0.05, 0.1) is 7.11 Å². The SMILES string of the molecule is COc1ccc(N2C(=O)[C@H](C(=O)OC(C)(C)C)[C@@H]2N(Cc2ccccc2)Cc2ccccc2)cc1. The number of anilines is 1. The van der Waals surface area contributed by atoms with Crippen LogP contribution < -0.4 is 9.64 Å². The third-order valence-electron chi connectivity index (χ3n) is 5.91. The van der Waals surface area contributed by atoms with Gasteiger partial charge in [0.2, 0.25) is 5.91 Å². The number of amides is 1. The van der Waals surface area contributed by atoms with E-state index in [4.69, 9.17) is 9.47 Å². The molecule has 0 aliphatic carbocycles. The fourth-order valence-electron chi connectivity index (χ4n) is 4.34. The molecule has 1 aliphatic rings. The lowest BCUT2D eigenvalue weighted by molar-refractivity contribution is -0.170. The molecule has 0 spiro atoms. The van der Waals surface area contributed by atoms with E-state index in [0.717, 1.165) is 11.1 Å². The predicted molar refractivity (Wildman–Crippen MR) is 136 cm³/mol. The molecular formula is C29H32N2O4. The molecule has 1 amide bonds. The first kappa shape index (κ1) is 24.5. The van der Waals surface area contributed by atoms with Gasteiger partial charge in [0.25, 0.3) is 0 Å². The lowest BCUT2D eigenvalue weighted by Crippen LogP contribution is -2.70. The number of methoxy groups -OCH3 is 1. The number of hydrogen-bond acceptors (Lipinski definition) is 5. The van der Waals surface area contributed by atoms with Gasteiger partial charge in [-0.3, -0.25) is 19.4 Å². The second-order valence-electron chi connectivity index (χ2n) is 9.71. The quantitative estimate of drug-likeness (QED) is 0.262. The minimum Gasteiger partial charge on any atom is -0.497 e. The van der Waals surface area contributed by atoms with Crippen molar-refractivity contribution in [1.82, 2.24) is 4.90 Å². The highest BCUT2D eigenvalue weighted by atomic mass is 16.6. The Morgan fingerprint density at radius 2 is 1.37 bits per heavy atom. The van der Waals surface area contributed by atoms with Gasteiger partial charge in [-0.25, -0.2) is 0 Å². The minimum absolute atomic E-state index is 0.263. The summed E-state index contributed by atoms with van der Waals surface area (Å²) in [6.07, 6.45) is -0.494. The average Bonchev–Trinajstić information content (AvgIpc) is 2.83. The largest absolute Gasteiger partial charge is 0.497 e. The lowest BCUT2D eigenvalue weighted by atomic mass is 9.90. The summed E-state index contributed by atoms with van der Waals surface area (Å²) in [5.41, 5.74) is 2.22. The first-order valence-electron chi connectivity index (χ1n) is 11.8. The maximum atomic E-state index is 13.4. The Morgan fingerprint density at radius 3 is 1.83 bits per heavy atom. The van der Waals surface area contributed by atoms with Crippen molar-refractivity contribution in [2.45, 2.75) is 45.6 Å². The molecule has 6 nitrogen and oxygen atoms in total. The molecule has 182 valence electrons. The maximum Gasteiger partial charge on any atom is 0.322 e. The van der Waals surface area contributed by atoms with Crippen molar-refractivity contribution in [1.29, 1.82) is 0 Å². The van der Waals surface area contributed by atoms with Gasteiger partial charge in [-0.15, -0.1) is 0 Å². The van der Waals surface area contributed by atoms with Crippen molar-refractivity contribution in [3.05, 3.63) is 96.1 Å². The number of hydrogen-bond donors (Lipinski definition) is 0. The zero-order valence-electron chi connectivity index (χ0n) is 20.7. The first-order chi connectivity index (χ1) is 16.8. The number of carbonyl (C=O) groups is 2. The number of nitrogens with zero attached hydrogens (tertiary/aromatic N) is 2. The molecule has 0 bridgehead atoms. The van der Waals surface area contributed by atoms with Crippen molar-refractivity contribution in [3.63, 3.8) is 0 Å². The lowest BCUT2D eigenvalue weighted by Gasteiger charge is -2.51. The molecule has 0 N–H and O–H groups in total. The van der Waals surface area contributed by atoms with Gasteiger partial charge in [-0.05, 0) is 56.2 Å². The van der Waals surface area contributed by atoms with Gasteiger partial charge in [0.1, 0.15) is 17.5 Å². The summed E-state index contributed by atoms with van der Waals surface area (Å²) >= 11 is 0. The third-order valence-corrected chi connectivity index (χ3v) is 5.91. The highest BCUT2D eigenvalue weighted by Gasteiger charge is 2.56. The Balaban J connectivity index is 1.73. The van der Waals surface area contributed by atoms with Crippen LogP contribution in [0.15, 0.2) is 84.9 Å². The van der Waals surface area contributed by atoms with Crippen LogP contribution in [-0.2, 0) is 27.4 Å². The third kappa shape index (κ3) is 5.72. The number of ether oxygens (including phenoxy) is 2. The van der Waals surface area contributed by atoms with Gasteiger partial charge in [-0.1, -0.05) is 60.7 Å². The Bertz CT molecular complexity index is 1100. The first-order valence-corrected chi connectivity index (χ1v) is 11.8. The molecule has 0 radical (unpaired) electrons. The Kier molecular flexibility index (Phi) is 7.22. The highest BCUT2D eigenvalue weighted by Crippen LogP contribution is 2.38. The molecule has 1 heterocycles. The molecule has 1 saturated heterocycles. The van der Waals surface area contributed by atoms with Crippen LogP contribution in [0.3, 0.4) is 0 Å². The summed E-state index contributed by atoms with van der Waals surface area (Å²) in [4.78, 5) is 30.5. The molecule has 0 unspecified atom stereocenters. The summed E-state index contributed by atoms with van der Waals surface area (Å²) in [5, 5.41) is 0. The molecule has 3 aromatic rings. The molecule has 0 aromatic heterocycles.